The van der Waals surface area contributed by atoms with E-state index in [2.05, 4.69) is 15.6 Å². The summed E-state index contributed by atoms with van der Waals surface area (Å²) >= 11 is 0. The Morgan fingerprint density at radius 1 is 1.05 bits per heavy atom. The maximum atomic E-state index is 12.9. The summed E-state index contributed by atoms with van der Waals surface area (Å²) in [6.45, 7) is 0.860. The van der Waals surface area contributed by atoms with E-state index in [9.17, 15) is 9.59 Å². The second-order valence-electron chi connectivity index (χ2n) is 8.97. The molecule has 0 spiro atoms. The molecular weight excluding hydrogens is 496 g/mol. The zero-order valence-electron chi connectivity index (χ0n) is 21.7. The first-order chi connectivity index (χ1) is 18.9. The summed E-state index contributed by atoms with van der Waals surface area (Å²) in [6, 6.07) is 17.5. The van der Waals surface area contributed by atoms with Crippen molar-refractivity contribution >= 4 is 28.8 Å². The van der Waals surface area contributed by atoms with Crippen LogP contribution in [-0.4, -0.2) is 52.5 Å². The predicted octanol–water partition coefficient (Wildman–Crippen LogP) is 2.37. The summed E-state index contributed by atoms with van der Waals surface area (Å²) in [5.41, 5.74) is 14.6. The van der Waals surface area contributed by atoms with E-state index in [0.717, 1.165) is 11.3 Å². The van der Waals surface area contributed by atoms with Gasteiger partial charge in [0.15, 0.2) is 5.96 Å². The number of methoxy groups -OCH3 is 1. The van der Waals surface area contributed by atoms with Gasteiger partial charge in [0.25, 0.3) is 5.91 Å². The third kappa shape index (κ3) is 6.69. The maximum Gasteiger partial charge on any atom is 0.251 e. The number of ether oxygens (including phenoxy) is 1. The highest BCUT2D eigenvalue weighted by atomic mass is 16.5. The van der Waals surface area contributed by atoms with Crippen molar-refractivity contribution in [3.05, 3.63) is 78.1 Å². The molecule has 11 nitrogen and oxygen atoms in total. The van der Waals surface area contributed by atoms with Crippen molar-refractivity contribution in [1.82, 2.24) is 25.2 Å². The molecule has 0 aliphatic rings. The van der Waals surface area contributed by atoms with Gasteiger partial charge < -0.3 is 31.4 Å². The molecule has 4 aromatic rings. The Morgan fingerprint density at radius 2 is 1.90 bits per heavy atom. The fraction of sp³-hybridized carbons (Fsp3) is 0.250. The van der Waals surface area contributed by atoms with Crippen molar-refractivity contribution in [3.63, 3.8) is 0 Å². The van der Waals surface area contributed by atoms with Crippen LogP contribution < -0.4 is 26.8 Å². The first-order valence-electron chi connectivity index (χ1n) is 12.6. The molecule has 0 saturated heterocycles. The average molecular weight is 529 g/mol. The summed E-state index contributed by atoms with van der Waals surface area (Å²) in [5, 5.41) is 13.0. The topological polar surface area (TPSA) is 174 Å². The van der Waals surface area contributed by atoms with Gasteiger partial charge in [0.05, 0.1) is 18.1 Å². The summed E-state index contributed by atoms with van der Waals surface area (Å²) in [7, 11) is 1.58. The number of rotatable bonds is 12. The molecule has 39 heavy (non-hydrogen) atoms. The number of nitrogens with one attached hydrogen (secondary N) is 3. The van der Waals surface area contributed by atoms with E-state index in [0.29, 0.717) is 60.5 Å². The van der Waals surface area contributed by atoms with Gasteiger partial charge in [0, 0.05) is 42.5 Å². The fourth-order valence-electron chi connectivity index (χ4n) is 4.39. The lowest BCUT2D eigenvalue weighted by atomic mass is 10.1. The number of hydrogen-bond donors (Lipinski definition) is 5. The Hall–Kier alpha value is -4.93. The van der Waals surface area contributed by atoms with Gasteiger partial charge in [-0.2, -0.15) is 0 Å². The molecule has 1 atom stereocenters. The molecule has 0 bridgehead atoms. The van der Waals surface area contributed by atoms with E-state index < -0.39 is 11.9 Å². The van der Waals surface area contributed by atoms with Crippen LogP contribution in [0.3, 0.4) is 0 Å². The van der Waals surface area contributed by atoms with Gasteiger partial charge in [-0.3, -0.25) is 20.0 Å². The van der Waals surface area contributed by atoms with Crippen LogP contribution in [0.1, 0.15) is 34.9 Å². The first-order valence-corrected chi connectivity index (χ1v) is 12.6. The summed E-state index contributed by atoms with van der Waals surface area (Å²) in [6.07, 6.45) is 3.28. The van der Waals surface area contributed by atoms with Crippen LogP contribution in [0.4, 0.5) is 0 Å². The van der Waals surface area contributed by atoms with Crippen LogP contribution in [0.15, 0.2) is 66.9 Å². The number of fused-ring (bicyclic) bond motifs is 1. The molecule has 11 heteroatoms. The van der Waals surface area contributed by atoms with Crippen molar-refractivity contribution in [3.8, 4) is 17.1 Å². The van der Waals surface area contributed by atoms with Crippen molar-refractivity contribution < 1.29 is 14.3 Å². The minimum Gasteiger partial charge on any atom is -0.497 e. The number of carbonyl (C=O) groups excluding carboxylic acids is 2. The predicted molar refractivity (Wildman–Crippen MR) is 149 cm³/mol. The van der Waals surface area contributed by atoms with Gasteiger partial charge in [0.2, 0.25) is 5.91 Å². The molecule has 7 N–H and O–H groups in total. The molecule has 2 aromatic carbocycles. The van der Waals surface area contributed by atoms with Crippen molar-refractivity contribution in [2.45, 2.75) is 25.3 Å². The third-order valence-corrected chi connectivity index (χ3v) is 6.28. The van der Waals surface area contributed by atoms with E-state index in [1.165, 1.54) is 0 Å². The lowest BCUT2D eigenvalue weighted by molar-refractivity contribution is -0.121. The molecule has 0 radical (unpaired) electrons. The molecule has 2 amide bonds. The minimum atomic E-state index is -0.719. The normalized spacial score (nSPS) is 11.6. The molecule has 0 aliphatic carbocycles. The maximum absolute atomic E-state index is 12.9. The van der Waals surface area contributed by atoms with Gasteiger partial charge in [0.1, 0.15) is 17.6 Å². The van der Waals surface area contributed by atoms with E-state index in [1.807, 2.05) is 47.0 Å². The summed E-state index contributed by atoms with van der Waals surface area (Å²) in [4.78, 5) is 34.7. The van der Waals surface area contributed by atoms with Crippen molar-refractivity contribution in [2.24, 2.45) is 11.5 Å². The van der Waals surface area contributed by atoms with E-state index in [-0.39, 0.29) is 11.9 Å². The SMILES string of the molecule is COc1cccc(-c2nc3cc(C(=O)NCCc4ccccn4)ccc3n2[C@@H](CCCNC(=N)N)C(N)=O)c1. The highest BCUT2D eigenvalue weighted by Gasteiger charge is 2.25. The minimum absolute atomic E-state index is 0.137. The number of pyridine rings is 1. The lowest BCUT2D eigenvalue weighted by Gasteiger charge is -2.19. The molecule has 2 heterocycles. The molecule has 0 unspecified atom stereocenters. The largest absolute Gasteiger partial charge is 0.497 e. The zero-order chi connectivity index (χ0) is 27.8. The van der Waals surface area contributed by atoms with Gasteiger partial charge >= 0.3 is 0 Å². The molecule has 0 saturated carbocycles. The van der Waals surface area contributed by atoms with Gasteiger partial charge in [-0.1, -0.05) is 18.2 Å². The first kappa shape index (κ1) is 27.1. The quantitative estimate of drug-likeness (QED) is 0.107. The zero-order valence-corrected chi connectivity index (χ0v) is 21.7. The van der Waals surface area contributed by atoms with Crippen LogP contribution in [0.2, 0.25) is 0 Å². The third-order valence-electron chi connectivity index (χ3n) is 6.28. The van der Waals surface area contributed by atoms with Crippen LogP contribution in [0.25, 0.3) is 22.4 Å². The number of primary amides is 1. The van der Waals surface area contributed by atoms with Crippen molar-refractivity contribution in [2.75, 3.05) is 20.2 Å². The van der Waals surface area contributed by atoms with Crippen LogP contribution in [0.5, 0.6) is 5.75 Å². The standard InChI is InChI=1S/C28H32N8O3/c1-39-21-8-4-6-18(16-21)26-35-22-17-19(27(38)33-15-12-20-7-2-3-13-32-20)10-11-23(22)36(26)24(25(29)37)9-5-14-34-28(30)31/h2-4,6-8,10-11,13,16-17,24H,5,9,12,14-15H2,1H3,(H2,29,37)(H,33,38)(H4,30,31,34)/t24-/m0/s1. The van der Waals surface area contributed by atoms with Crippen LogP contribution in [0, 0.1) is 5.41 Å². The van der Waals surface area contributed by atoms with Gasteiger partial charge in [-0.25, -0.2) is 4.98 Å². The number of carbonyl (C=O) groups is 2. The summed E-state index contributed by atoms with van der Waals surface area (Å²) < 4.78 is 7.20. The van der Waals surface area contributed by atoms with Crippen molar-refractivity contribution in [1.29, 1.82) is 5.41 Å². The fourth-order valence-corrected chi connectivity index (χ4v) is 4.39. The molecule has 202 valence electrons. The molecular formula is C28H32N8O3. The molecule has 0 fully saturated rings. The van der Waals surface area contributed by atoms with E-state index in [4.69, 9.17) is 26.6 Å². The smallest absolute Gasteiger partial charge is 0.251 e. The van der Waals surface area contributed by atoms with Crippen LogP contribution in [-0.2, 0) is 11.2 Å². The Bertz CT molecular complexity index is 1470. The van der Waals surface area contributed by atoms with Gasteiger partial charge in [-0.15, -0.1) is 0 Å². The summed E-state index contributed by atoms with van der Waals surface area (Å²) in [5.74, 6) is 0.284. The average Bonchev–Trinajstić information content (AvgIpc) is 3.31. The Balaban J connectivity index is 1.66. The second-order valence-corrected chi connectivity index (χ2v) is 8.97. The lowest BCUT2D eigenvalue weighted by Crippen LogP contribution is -2.32. The molecule has 4 rings (SSSR count). The number of nitrogens with zero attached hydrogens (tertiary/aromatic N) is 3. The number of amides is 2. The number of aromatic nitrogens is 3. The van der Waals surface area contributed by atoms with E-state index >= 15 is 0 Å². The molecule has 2 aromatic heterocycles. The van der Waals surface area contributed by atoms with Gasteiger partial charge in [-0.05, 0) is 55.3 Å². The second kappa shape index (κ2) is 12.5. The number of imidazole rings is 1. The van der Waals surface area contributed by atoms with E-state index in [1.54, 1.807) is 31.5 Å². The number of benzene rings is 2. The van der Waals surface area contributed by atoms with Crippen LogP contribution >= 0.6 is 0 Å². The highest BCUT2D eigenvalue weighted by Crippen LogP contribution is 2.32. The number of guanidine groups is 1. The Labute approximate surface area is 226 Å². The molecule has 0 aliphatic heterocycles. The Kier molecular flexibility index (Phi) is 8.72. The number of nitrogens with two attached hydrogens (primary N) is 2. The Morgan fingerprint density at radius 3 is 2.62 bits per heavy atom. The monoisotopic (exact) mass is 528 g/mol. The highest BCUT2D eigenvalue weighted by molar-refractivity contribution is 5.98. The number of hydrogen-bond acceptors (Lipinski definition) is 6.